The first kappa shape index (κ1) is 17.0. The van der Waals surface area contributed by atoms with E-state index in [1.165, 1.54) is 18.2 Å². The summed E-state index contributed by atoms with van der Waals surface area (Å²) in [5.74, 6) is 0. The molecular formula is C16H15ClN4O4. The van der Waals surface area contributed by atoms with Gasteiger partial charge in [-0.05, 0) is 24.3 Å². The van der Waals surface area contributed by atoms with Crippen molar-refractivity contribution in [2.24, 2.45) is 0 Å². The summed E-state index contributed by atoms with van der Waals surface area (Å²) in [5.41, 5.74) is 1.50. The zero-order valence-corrected chi connectivity index (χ0v) is 13.9. The highest BCUT2D eigenvalue weighted by molar-refractivity contribution is 6.30. The number of non-ortho nitro benzene ring substituents is 1. The molecule has 1 heterocycles. The Labute approximate surface area is 148 Å². The number of hydrogen-bond donors (Lipinski definition) is 0. The number of hydrogen-bond acceptors (Lipinski definition) is 6. The fraction of sp³-hybridized carbons (Fsp3) is 0.250. The van der Waals surface area contributed by atoms with Gasteiger partial charge in [-0.2, -0.15) is 0 Å². The molecule has 0 atom stereocenters. The molecule has 1 fully saturated rings. The fourth-order valence-electron chi connectivity index (χ4n) is 2.90. The van der Waals surface area contributed by atoms with Crippen LogP contribution in [0, 0.1) is 20.2 Å². The average molecular weight is 363 g/mol. The Balaban J connectivity index is 1.72. The molecule has 3 rings (SSSR count). The molecule has 2 aromatic rings. The Hall–Kier alpha value is -2.87. The highest BCUT2D eigenvalue weighted by atomic mass is 35.5. The molecule has 0 radical (unpaired) electrons. The lowest BCUT2D eigenvalue weighted by Gasteiger charge is -2.37. The molecular weight excluding hydrogens is 348 g/mol. The van der Waals surface area contributed by atoms with Crippen molar-refractivity contribution in [3.05, 3.63) is 67.7 Å². The van der Waals surface area contributed by atoms with Gasteiger partial charge in [0.2, 0.25) is 0 Å². The van der Waals surface area contributed by atoms with Crippen LogP contribution in [0.4, 0.5) is 22.7 Å². The SMILES string of the molecule is O=[N+]([O-])c1ccc(N2CCN(c3ccc(Cl)cc3[N+](=O)[O-])CC2)cc1. The summed E-state index contributed by atoms with van der Waals surface area (Å²) < 4.78 is 0. The van der Waals surface area contributed by atoms with Gasteiger partial charge in [-0.25, -0.2) is 0 Å². The molecule has 0 aliphatic carbocycles. The van der Waals surface area contributed by atoms with Crippen LogP contribution in [0.2, 0.25) is 5.02 Å². The quantitative estimate of drug-likeness (QED) is 0.610. The normalized spacial score (nSPS) is 14.4. The van der Waals surface area contributed by atoms with E-state index in [2.05, 4.69) is 4.90 Å². The number of benzene rings is 2. The van der Waals surface area contributed by atoms with Gasteiger partial charge in [-0.15, -0.1) is 0 Å². The van der Waals surface area contributed by atoms with Crippen LogP contribution >= 0.6 is 11.6 Å². The molecule has 9 heteroatoms. The summed E-state index contributed by atoms with van der Waals surface area (Å²) in [4.78, 5) is 25.2. The lowest BCUT2D eigenvalue weighted by Crippen LogP contribution is -2.46. The van der Waals surface area contributed by atoms with Crippen LogP contribution < -0.4 is 9.80 Å². The zero-order chi connectivity index (χ0) is 18.0. The molecule has 0 unspecified atom stereocenters. The molecule has 1 saturated heterocycles. The third kappa shape index (κ3) is 3.63. The van der Waals surface area contributed by atoms with Crippen molar-refractivity contribution < 1.29 is 9.85 Å². The monoisotopic (exact) mass is 362 g/mol. The smallest absolute Gasteiger partial charge is 0.294 e. The molecule has 1 aliphatic heterocycles. The molecule has 130 valence electrons. The predicted molar refractivity (Wildman–Crippen MR) is 95.6 cm³/mol. The number of anilines is 2. The van der Waals surface area contributed by atoms with E-state index in [4.69, 9.17) is 11.6 Å². The van der Waals surface area contributed by atoms with E-state index in [0.29, 0.717) is 36.9 Å². The summed E-state index contributed by atoms with van der Waals surface area (Å²) in [7, 11) is 0. The summed E-state index contributed by atoms with van der Waals surface area (Å²) in [5, 5.41) is 22.3. The summed E-state index contributed by atoms with van der Waals surface area (Å²) >= 11 is 5.86. The van der Waals surface area contributed by atoms with Gasteiger partial charge in [0.05, 0.1) is 9.85 Å². The van der Waals surface area contributed by atoms with Crippen molar-refractivity contribution in [3.8, 4) is 0 Å². The number of rotatable bonds is 4. The van der Waals surface area contributed by atoms with E-state index in [1.54, 1.807) is 24.3 Å². The van der Waals surface area contributed by atoms with Crippen LogP contribution in [0.5, 0.6) is 0 Å². The van der Waals surface area contributed by atoms with E-state index in [-0.39, 0.29) is 11.4 Å². The zero-order valence-electron chi connectivity index (χ0n) is 13.2. The van der Waals surface area contributed by atoms with E-state index in [0.717, 1.165) is 5.69 Å². The Morgan fingerprint density at radius 3 is 2.00 bits per heavy atom. The minimum atomic E-state index is -0.429. The van der Waals surface area contributed by atoms with Gasteiger partial charge in [-0.1, -0.05) is 11.6 Å². The Kier molecular flexibility index (Phi) is 4.71. The number of nitro benzene ring substituents is 2. The number of nitrogens with zero attached hydrogens (tertiary/aromatic N) is 4. The van der Waals surface area contributed by atoms with Crippen LogP contribution in [0.25, 0.3) is 0 Å². The van der Waals surface area contributed by atoms with Gasteiger partial charge in [0, 0.05) is 55.1 Å². The second kappa shape index (κ2) is 6.94. The highest BCUT2D eigenvalue weighted by Gasteiger charge is 2.24. The maximum Gasteiger partial charge on any atom is 0.294 e. The molecule has 0 bridgehead atoms. The Morgan fingerprint density at radius 2 is 1.44 bits per heavy atom. The van der Waals surface area contributed by atoms with E-state index in [1.807, 2.05) is 4.90 Å². The molecule has 0 N–H and O–H groups in total. The minimum absolute atomic E-state index is 0.00344. The van der Waals surface area contributed by atoms with E-state index < -0.39 is 9.85 Å². The van der Waals surface area contributed by atoms with Crippen LogP contribution in [0.3, 0.4) is 0 Å². The van der Waals surface area contributed by atoms with E-state index >= 15 is 0 Å². The van der Waals surface area contributed by atoms with Crippen LogP contribution in [-0.2, 0) is 0 Å². The summed E-state index contributed by atoms with van der Waals surface area (Å²) in [6.07, 6.45) is 0. The first-order valence-electron chi connectivity index (χ1n) is 7.64. The van der Waals surface area contributed by atoms with Crippen molar-refractivity contribution >= 4 is 34.4 Å². The largest absolute Gasteiger partial charge is 0.368 e. The van der Waals surface area contributed by atoms with Crippen LogP contribution in [0.1, 0.15) is 0 Å². The summed E-state index contributed by atoms with van der Waals surface area (Å²) in [6.45, 7) is 2.55. The Morgan fingerprint density at radius 1 is 0.840 bits per heavy atom. The maximum atomic E-state index is 11.2. The topological polar surface area (TPSA) is 92.8 Å². The maximum absolute atomic E-state index is 11.2. The molecule has 0 amide bonds. The lowest BCUT2D eigenvalue weighted by atomic mass is 10.2. The van der Waals surface area contributed by atoms with E-state index in [9.17, 15) is 20.2 Å². The molecule has 0 saturated carbocycles. The lowest BCUT2D eigenvalue weighted by molar-refractivity contribution is -0.384. The number of piperazine rings is 1. The van der Waals surface area contributed by atoms with Crippen molar-refractivity contribution in [2.75, 3.05) is 36.0 Å². The molecule has 2 aromatic carbocycles. The average Bonchev–Trinajstić information content (AvgIpc) is 2.62. The van der Waals surface area contributed by atoms with Crippen molar-refractivity contribution in [2.45, 2.75) is 0 Å². The number of nitro groups is 2. The van der Waals surface area contributed by atoms with Gasteiger partial charge in [0.1, 0.15) is 5.69 Å². The molecule has 25 heavy (non-hydrogen) atoms. The van der Waals surface area contributed by atoms with Crippen molar-refractivity contribution in [1.82, 2.24) is 0 Å². The predicted octanol–water partition coefficient (Wildman–Crippen LogP) is 3.48. The van der Waals surface area contributed by atoms with Gasteiger partial charge < -0.3 is 9.80 Å². The molecule has 1 aliphatic rings. The Bertz CT molecular complexity index is 804. The highest BCUT2D eigenvalue weighted by Crippen LogP contribution is 2.32. The molecule has 0 aromatic heterocycles. The van der Waals surface area contributed by atoms with Gasteiger partial charge in [0.25, 0.3) is 11.4 Å². The second-order valence-electron chi connectivity index (χ2n) is 5.64. The molecule has 0 spiro atoms. The second-order valence-corrected chi connectivity index (χ2v) is 6.07. The molecule has 8 nitrogen and oxygen atoms in total. The fourth-order valence-corrected chi connectivity index (χ4v) is 3.07. The minimum Gasteiger partial charge on any atom is -0.368 e. The third-order valence-electron chi connectivity index (χ3n) is 4.18. The van der Waals surface area contributed by atoms with Crippen LogP contribution in [-0.4, -0.2) is 36.0 Å². The van der Waals surface area contributed by atoms with Crippen molar-refractivity contribution in [3.63, 3.8) is 0 Å². The van der Waals surface area contributed by atoms with Gasteiger partial charge in [-0.3, -0.25) is 20.2 Å². The standard InChI is InChI=1S/C16H15ClN4O4/c17-12-1-6-15(16(11-12)21(24)25)19-9-7-18(8-10-19)13-2-4-14(5-3-13)20(22)23/h1-6,11H,7-10H2. The summed E-state index contributed by atoms with van der Waals surface area (Å²) in [6, 6.07) is 11.1. The first-order chi connectivity index (χ1) is 12.0. The van der Waals surface area contributed by atoms with Crippen molar-refractivity contribution in [1.29, 1.82) is 0 Å². The van der Waals surface area contributed by atoms with Gasteiger partial charge in [0.15, 0.2) is 0 Å². The first-order valence-corrected chi connectivity index (χ1v) is 8.02. The van der Waals surface area contributed by atoms with Crippen LogP contribution in [0.15, 0.2) is 42.5 Å². The third-order valence-corrected chi connectivity index (χ3v) is 4.42. The van der Waals surface area contributed by atoms with Gasteiger partial charge >= 0.3 is 0 Å². The number of halogens is 1.